The monoisotopic (exact) mass is 536 g/mol. The number of carbonyl (C=O) groups is 1. The Labute approximate surface area is 232 Å². The number of hydrogen-bond acceptors (Lipinski definition) is 7. The number of carbonyl (C=O) groups excluding carboxylic acids is 1. The number of aryl methyl sites for hydroxylation is 2. The second-order valence-electron chi connectivity index (χ2n) is 11.4. The largest absolute Gasteiger partial charge is 0.379 e. The molecule has 1 amide bonds. The van der Waals surface area contributed by atoms with Crippen molar-refractivity contribution in [3.05, 3.63) is 58.7 Å². The van der Waals surface area contributed by atoms with Crippen molar-refractivity contribution in [1.82, 2.24) is 20.2 Å². The van der Waals surface area contributed by atoms with Gasteiger partial charge in [0.1, 0.15) is 12.0 Å². The minimum absolute atomic E-state index is 0.0175. The van der Waals surface area contributed by atoms with E-state index in [1.165, 1.54) is 17.5 Å². The summed E-state index contributed by atoms with van der Waals surface area (Å²) in [7, 11) is 1.75. The van der Waals surface area contributed by atoms with Crippen LogP contribution >= 0.6 is 0 Å². The molecule has 1 N–H and O–H groups in total. The van der Waals surface area contributed by atoms with Gasteiger partial charge in [-0.2, -0.15) is 0 Å². The van der Waals surface area contributed by atoms with Gasteiger partial charge in [0.15, 0.2) is 0 Å². The molecule has 0 spiro atoms. The third-order valence-corrected chi connectivity index (χ3v) is 8.70. The molecule has 3 aliphatic heterocycles. The van der Waals surface area contributed by atoms with E-state index in [4.69, 9.17) is 14.2 Å². The van der Waals surface area contributed by atoms with Crippen LogP contribution in [-0.4, -0.2) is 78.5 Å². The lowest BCUT2D eigenvalue weighted by Gasteiger charge is -2.38. The van der Waals surface area contributed by atoms with Crippen LogP contribution in [0.4, 0.5) is 0 Å². The number of rotatable bonds is 8. The van der Waals surface area contributed by atoms with E-state index < -0.39 is 0 Å². The molecule has 0 radical (unpaired) electrons. The highest BCUT2D eigenvalue weighted by Crippen LogP contribution is 2.33. The molecule has 1 aromatic heterocycles. The molecule has 3 saturated heterocycles. The molecule has 0 unspecified atom stereocenters. The van der Waals surface area contributed by atoms with Crippen LogP contribution in [0.15, 0.2) is 30.6 Å². The molecule has 212 valence electrons. The fraction of sp³-hybridized carbons (Fsp3) is 0.645. The summed E-state index contributed by atoms with van der Waals surface area (Å²) in [5, 5.41) is 3.76. The van der Waals surface area contributed by atoms with E-state index in [1.807, 2.05) is 11.8 Å². The molecule has 4 atom stereocenters. The minimum Gasteiger partial charge on any atom is -0.379 e. The highest BCUT2D eigenvalue weighted by Gasteiger charge is 2.31. The lowest BCUT2D eigenvalue weighted by Crippen LogP contribution is -2.54. The molecule has 39 heavy (non-hydrogen) atoms. The highest BCUT2D eigenvalue weighted by atomic mass is 16.5. The summed E-state index contributed by atoms with van der Waals surface area (Å²) < 4.78 is 17.7. The Morgan fingerprint density at radius 2 is 1.97 bits per heavy atom. The van der Waals surface area contributed by atoms with Crippen molar-refractivity contribution in [2.45, 2.75) is 95.6 Å². The van der Waals surface area contributed by atoms with E-state index in [-0.39, 0.29) is 24.2 Å². The van der Waals surface area contributed by atoms with Gasteiger partial charge in [0.25, 0.3) is 5.91 Å². The summed E-state index contributed by atoms with van der Waals surface area (Å²) >= 11 is 0. The van der Waals surface area contributed by atoms with E-state index in [2.05, 4.69) is 46.5 Å². The number of amides is 1. The lowest BCUT2D eigenvalue weighted by molar-refractivity contribution is -0.0547. The third-order valence-electron chi connectivity index (χ3n) is 8.70. The fourth-order valence-electron chi connectivity index (χ4n) is 6.32. The standard InChI is InChI=1S/C31H44N4O4/c1-21-6-4-7-23(18-21)28-9-5-8-25(39-28)10-11-26-22(2)30(33-20-32-26)31(36)35-15-12-24(13-16-35)34-27-14-17-38-19-29(27)37-3/h4,6-7,18,20,24-25,27-29,34H,5,8-17,19H2,1-3H3/t25-,27-,28+,29+/m0/s1. The SMILES string of the molecule is CO[C@@H]1COCC[C@@H]1NC1CCN(C(=O)c2ncnc(CC[C@@H]3CCC[C@H](c4cccc(C)c4)O3)c2C)CC1. The molecule has 0 bridgehead atoms. The van der Waals surface area contributed by atoms with Crippen LogP contribution < -0.4 is 5.32 Å². The van der Waals surface area contributed by atoms with E-state index in [0.717, 1.165) is 75.9 Å². The Kier molecular flexibility index (Phi) is 9.61. The van der Waals surface area contributed by atoms with Crippen LogP contribution in [0, 0.1) is 13.8 Å². The summed E-state index contributed by atoms with van der Waals surface area (Å²) in [4.78, 5) is 24.4. The number of aromatic nitrogens is 2. The van der Waals surface area contributed by atoms with Crippen LogP contribution in [0.2, 0.25) is 0 Å². The maximum absolute atomic E-state index is 13.5. The smallest absolute Gasteiger partial charge is 0.272 e. The van der Waals surface area contributed by atoms with E-state index >= 15 is 0 Å². The fourth-order valence-corrected chi connectivity index (χ4v) is 6.32. The zero-order valence-corrected chi connectivity index (χ0v) is 23.7. The zero-order valence-electron chi connectivity index (χ0n) is 23.7. The summed E-state index contributed by atoms with van der Waals surface area (Å²) in [5.74, 6) is 0.0175. The number of methoxy groups -OCH3 is 1. The molecule has 3 fully saturated rings. The first-order valence-electron chi connectivity index (χ1n) is 14.7. The highest BCUT2D eigenvalue weighted by molar-refractivity contribution is 5.93. The van der Waals surface area contributed by atoms with Gasteiger partial charge in [-0.15, -0.1) is 0 Å². The minimum atomic E-state index is 0.0175. The third kappa shape index (κ3) is 7.04. The van der Waals surface area contributed by atoms with Crippen molar-refractivity contribution >= 4 is 5.91 Å². The predicted molar refractivity (Wildman–Crippen MR) is 150 cm³/mol. The maximum Gasteiger partial charge on any atom is 0.272 e. The number of nitrogens with one attached hydrogen (secondary N) is 1. The van der Waals surface area contributed by atoms with Crippen molar-refractivity contribution < 1.29 is 19.0 Å². The van der Waals surface area contributed by atoms with Crippen molar-refractivity contribution in [3.8, 4) is 0 Å². The first-order valence-corrected chi connectivity index (χ1v) is 14.7. The van der Waals surface area contributed by atoms with Gasteiger partial charge >= 0.3 is 0 Å². The summed E-state index contributed by atoms with van der Waals surface area (Å²) in [6.45, 7) is 6.98. The Hall–Kier alpha value is -2.39. The van der Waals surface area contributed by atoms with E-state index in [0.29, 0.717) is 24.4 Å². The Balaban J connectivity index is 1.14. The molecule has 8 heteroatoms. The Morgan fingerprint density at radius 1 is 1.13 bits per heavy atom. The molecule has 4 heterocycles. The van der Waals surface area contributed by atoms with Crippen LogP contribution in [0.25, 0.3) is 0 Å². The summed E-state index contributed by atoms with van der Waals surface area (Å²) in [6, 6.07) is 9.34. The van der Waals surface area contributed by atoms with Gasteiger partial charge in [-0.05, 0) is 70.8 Å². The van der Waals surface area contributed by atoms with Crippen LogP contribution in [0.5, 0.6) is 0 Å². The van der Waals surface area contributed by atoms with Gasteiger partial charge in [-0.1, -0.05) is 29.8 Å². The van der Waals surface area contributed by atoms with Gasteiger partial charge in [0.2, 0.25) is 0 Å². The van der Waals surface area contributed by atoms with Crippen LogP contribution in [-0.2, 0) is 20.6 Å². The number of benzene rings is 1. The number of piperidine rings is 1. The second-order valence-corrected chi connectivity index (χ2v) is 11.4. The normalized spacial score (nSPS) is 26.5. The molecule has 0 aliphatic carbocycles. The molecule has 3 aliphatic rings. The van der Waals surface area contributed by atoms with Gasteiger partial charge in [0.05, 0.1) is 24.9 Å². The first kappa shape index (κ1) is 28.1. The van der Waals surface area contributed by atoms with Gasteiger partial charge < -0.3 is 24.4 Å². The number of nitrogens with zero attached hydrogens (tertiary/aromatic N) is 3. The number of ether oxygens (including phenoxy) is 3. The number of likely N-dealkylation sites (tertiary alicyclic amines) is 1. The average molecular weight is 537 g/mol. The van der Waals surface area contributed by atoms with Crippen molar-refractivity contribution in [2.75, 3.05) is 33.4 Å². The zero-order chi connectivity index (χ0) is 27.2. The lowest BCUT2D eigenvalue weighted by atomic mass is 9.95. The molecular weight excluding hydrogens is 492 g/mol. The first-order chi connectivity index (χ1) is 19.0. The molecular formula is C31H44N4O4. The van der Waals surface area contributed by atoms with Crippen molar-refractivity contribution in [1.29, 1.82) is 0 Å². The van der Waals surface area contributed by atoms with Crippen molar-refractivity contribution in [3.63, 3.8) is 0 Å². The number of hydrogen-bond donors (Lipinski definition) is 1. The molecule has 1 aromatic carbocycles. The molecule has 2 aromatic rings. The average Bonchev–Trinajstić information content (AvgIpc) is 2.97. The van der Waals surface area contributed by atoms with Crippen molar-refractivity contribution in [2.24, 2.45) is 0 Å². The van der Waals surface area contributed by atoms with Gasteiger partial charge in [0, 0.05) is 50.1 Å². The summed E-state index contributed by atoms with van der Waals surface area (Å²) in [5.41, 5.74) is 4.94. The molecule has 5 rings (SSSR count). The van der Waals surface area contributed by atoms with E-state index in [9.17, 15) is 4.79 Å². The Bertz CT molecular complexity index is 1100. The topological polar surface area (TPSA) is 85.8 Å². The predicted octanol–water partition coefficient (Wildman–Crippen LogP) is 4.33. The van der Waals surface area contributed by atoms with E-state index in [1.54, 1.807) is 13.4 Å². The van der Waals surface area contributed by atoms with Gasteiger partial charge in [-0.25, -0.2) is 9.97 Å². The second kappa shape index (κ2) is 13.3. The summed E-state index contributed by atoms with van der Waals surface area (Å²) in [6.07, 6.45) is 9.82. The maximum atomic E-state index is 13.5. The Morgan fingerprint density at radius 3 is 2.77 bits per heavy atom. The molecule has 8 nitrogen and oxygen atoms in total. The van der Waals surface area contributed by atoms with Crippen LogP contribution in [0.1, 0.15) is 83.9 Å². The van der Waals surface area contributed by atoms with Crippen LogP contribution in [0.3, 0.4) is 0 Å². The molecule has 0 saturated carbocycles. The quantitative estimate of drug-likeness (QED) is 0.537. The van der Waals surface area contributed by atoms with Gasteiger partial charge in [-0.3, -0.25) is 4.79 Å².